The number of anilines is 1. The van der Waals surface area contributed by atoms with E-state index in [4.69, 9.17) is 5.73 Å². The molecule has 0 radical (unpaired) electrons. The van der Waals surface area contributed by atoms with Crippen LogP contribution >= 0.6 is 0 Å². The van der Waals surface area contributed by atoms with E-state index < -0.39 is 0 Å². The summed E-state index contributed by atoms with van der Waals surface area (Å²) >= 11 is 0. The molecule has 0 aliphatic carbocycles. The highest BCUT2D eigenvalue weighted by Crippen LogP contribution is 2.31. The number of nitrogens with zero attached hydrogens (tertiary/aromatic N) is 1. The maximum atomic E-state index is 12.5. The quantitative estimate of drug-likeness (QED) is 0.798. The predicted octanol–water partition coefficient (Wildman–Crippen LogP) is 4.17. The molecular weight excluding hydrogens is 260 g/mol. The summed E-state index contributed by atoms with van der Waals surface area (Å²) in [5.74, 6) is 0.257. The van der Waals surface area contributed by atoms with Crippen LogP contribution in [0.15, 0.2) is 24.3 Å². The number of carbonyl (C=O) groups excluding carboxylic acids is 1. The molecular formula is C18H28N2O. The molecule has 2 N–H and O–H groups in total. The zero-order chi connectivity index (χ0) is 15.1. The van der Waals surface area contributed by atoms with E-state index in [9.17, 15) is 4.79 Å². The monoisotopic (exact) mass is 288 g/mol. The van der Waals surface area contributed by atoms with Crippen LogP contribution in [0.4, 0.5) is 5.69 Å². The fourth-order valence-corrected chi connectivity index (χ4v) is 3.07. The predicted molar refractivity (Wildman–Crippen MR) is 88.3 cm³/mol. The molecule has 1 aliphatic rings. The van der Waals surface area contributed by atoms with Crippen LogP contribution < -0.4 is 10.6 Å². The summed E-state index contributed by atoms with van der Waals surface area (Å²) in [6, 6.07) is 8.17. The highest BCUT2D eigenvalue weighted by atomic mass is 16.2. The van der Waals surface area contributed by atoms with Crippen molar-refractivity contribution in [3.8, 4) is 0 Å². The number of rotatable bonds is 6. The van der Waals surface area contributed by atoms with Gasteiger partial charge in [0, 0.05) is 24.7 Å². The number of benzene rings is 1. The Hall–Kier alpha value is -1.35. The second kappa shape index (κ2) is 8.18. The fraction of sp³-hybridized carbons (Fsp3) is 0.611. The smallest absolute Gasteiger partial charge is 0.226 e. The van der Waals surface area contributed by atoms with Crippen molar-refractivity contribution in [2.75, 3.05) is 11.4 Å². The maximum Gasteiger partial charge on any atom is 0.226 e. The zero-order valence-corrected chi connectivity index (χ0v) is 13.2. The van der Waals surface area contributed by atoms with Crippen molar-refractivity contribution in [1.29, 1.82) is 0 Å². The third-order valence-electron chi connectivity index (χ3n) is 4.32. The molecule has 3 heteroatoms. The lowest BCUT2D eigenvalue weighted by Crippen LogP contribution is -2.31. The molecule has 1 heterocycles. The van der Waals surface area contributed by atoms with Crippen LogP contribution in [-0.2, 0) is 4.79 Å². The molecule has 0 saturated carbocycles. The number of hydrogen-bond donors (Lipinski definition) is 1. The zero-order valence-electron chi connectivity index (χ0n) is 13.2. The fourth-order valence-electron chi connectivity index (χ4n) is 3.07. The number of fused-ring (bicyclic) bond motifs is 1. The highest BCUT2D eigenvalue weighted by molar-refractivity contribution is 5.94. The third-order valence-corrected chi connectivity index (χ3v) is 4.32. The molecule has 1 unspecified atom stereocenters. The summed E-state index contributed by atoms with van der Waals surface area (Å²) < 4.78 is 0. The van der Waals surface area contributed by atoms with Crippen LogP contribution in [0.3, 0.4) is 0 Å². The van der Waals surface area contributed by atoms with E-state index in [1.165, 1.54) is 19.3 Å². The molecule has 0 saturated heterocycles. The first-order valence-corrected chi connectivity index (χ1v) is 8.39. The summed E-state index contributed by atoms with van der Waals surface area (Å²) in [7, 11) is 0. The Kier molecular flexibility index (Phi) is 6.24. The number of hydrogen-bond acceptors (Lipinski definition) is 2. The average molecular weight is 288 g/mol. The lowest BCUT2D eigenvalue weighted by atomic mass is 10.0. The molecule has 1 aliphatic heterocycles. The lowest BCUT2D eigenvalue weighted by Gasteiger charge is -2.23. The summed E-state index contributed by atoms with van der Waals surface area (Å²) in [6.07, 6.45) is 8.52. The highest BCUT2D eigenvalue weighted by Gasteiger charge is 2.23. The largest absolute Gasteiger partial charge is 0.324 e. The minimum absolute atomic E-state index is 0.0588. The van der Waals surface area contributed by atoms with Gasteiger partial charge in [0.2, 0.25) is 5.91 Å². The Labute approximate surface area is 128 Å². The van der Waals surface area contributed by atoms with Crippen LogP contribution in [0.5, 0.6) is 0 Å². The van der Waals surface area contributed by atoms with Crippen molar-refractivity contribution in [2.24, 2.45) is 5.73 Å². The Morgan fingerprint density at radius 2 is 2.00 bits per heavy atom. The standard InChI is InChI=1S/C18H28N2O/c1-2-3-4-5-6-13-18(21)20-14-9-11-16(19)15-10-7-8-12-17(15)20/h7-8,10,12,16H,2-6,9,11,13-14,19H2,1H3. The van der Waals surface area contributed by atoms with E-state index in [2.05, 4.69) is 13.0 Å². The van der Waals surface area contributed by atoms with Crippen LogP contribution in [-0.4, -0.2) is 12.5 Å². The summed E-state index contributed by atoms with van der Waals surface area (Å²) in [6.45, 7) is 3.01. The van der Waals surface area contributed by atoms with Crippen molar-refractivity contribution in [2.45, 2.75) is 64.3 Å². The molecule has 3 nitrogen and oxygen atoms in total. The molecule has 0 spiro atoms. The summed E-state index contributed by atoms with van der Waals surface area (Å²) in [4.78, 5) is 14.5. The second-order valence-electron chi connectivity index (χ2n) is 6.02. The minimum Gasteiger partial charge on any atom is -0.324 e. The lowest BCUT2D eigenvalue weighted by molar-refractivity contribution is -0.118. The molecule has 1 aromatic rings. The normalized spacial score (nSPS) is 18.2. The van der Waals surface area contributed by atoms with E-state index in [1.54, 1.807) is 0 Å². The molecule has 0 bridgehead atoms. The van der Waals surface area contributed by atoms with Crippen molar-refractivity contribution in [1.82, 2.24) is 0 Å². The second-order valence-corrected chi connectivity index (χ2v) is 6.02. The SMILES string of the molecule is CCCCCCCC(=O)N1CCCC(N)c2ccccc21. The molecule has 116 valence electrons. The van der Waals surface area contributed by atoms with Crippen molar-refractivity contribution >= 4 is 11.6 Å². The van der Waals surface area contributed by atoms with E-state index >= 15 is 0 Å². The minimum atomic E-state index is 0.0588. The maximum absolute atomic E-state index is 12.5. The third kappa shape index (κ3) is 4.31. The van der Waals surface area contributed by atoms with Crippen LogP contribution in [0, 0.1) is 0 Å². The number of nitrogens with two attached hydrogens (primary N) is 1. The number of para-hydroxylation sites is 1. The van der Waals surface area contributed by atoms with Gasteiger partial charge in [0.05, 0.1) is 0 Å². The van der Waals surface area contributed by atoms with Gasteiger partial charge in [-0.1, -0.05) is 50.8 Å². The Bertz CT molecular complexity index is 458. The summed E-state index contributed by atoms with van der Waals surface area (Å²) in [5.41, 5.74) is 8.37. The molecule has 0 fully saturated rings. The van der Waals surface area contributed by atoms with Gasteiger partial charge in [-0.05, 0) is 30.9 Å². The van der Waals surface area contributed by atoms with Crippen molar-refractivity contribution in [3.63, 3.8) is 0 Å². The van der Waals surface area contributed by atoms with Gasteiger partial charge in [0.25, 0.3) is 0 Å². The van der Waals surface area contributed by atoms with Crippen molar-refractivity contribution < 1.29 is 4.79 Å². The molecule has 1 amide bonds. The van der Waals surface area contributed by atoms with E-state index in [0.29, 0.717) is 6.42 Å². The van der Waals surface area contributed by atoms with Gasteiger partial charge < -0.3 is 10.6 Å². The van der Waals surface area contributed by atoms with Gasteiger partial charge in [0.15, 0.2) is 0 Å². The average Bonchev–Trinajstić information content (AvgIpc) is 2.67. The van der Waals surface area contributed by atoms with Crippen LogP contribution in [0.25, 0.3) is 0 Å². The van der Waals surface area contributed by atoms with Crippen molar-refractivity contribution in [3.05, 3.63) is 29.8 Å². The first kappa shape index (κ1) is 16.0. The number of amides is 1. The molecule has 0 aromatic heterocycles. The van der Waals surface area contributed by atoms with E-state index in [0.717, 1.165) is 43.5 Å². The Balaban J connectivity index is 1.98. The molecule has 2 rings (SSSR count). The van der Waals surface area contributed by atoms with Gasteiger partial charge in [-0.25, -0.2) is 0 Å². The van der Waals surface area contributed by atoms with Gasteiger partial charge >= 0.3 is 0 Å². The Morgan fingerprint density at radius 3 is 2.81 bits per heavy atom. The van der Waals surface area contributed by atoms with Gasteiger partial charge in [0.1, 0.15) is 0 Å². The number of carbonyl (C=O) groups is 1. The van der Waals surface area contributed by atoms with Gasteiger partial charge in [-0.3, -0.25) is 4.79 Å². The van der Waals surface area contributed by atoms with E-state index in [1.807, 2.05) is 23.1 Å². The van der Waals surface area contributed by atoms with Crippen LogP contribution in [0.1, 0.15) is 69.9 Å². The first-order chi connectivity index (χ1) is 10.2. The Morgan fingerprint density at radius 1 is 1.24 bits per heavy atom. The molecule has 1 aromatic carbocycles. The van der Waals surface area contributed by atoms with Gasteiger partial charge in [-0.15, -0.1) is 0 Å². The van der Waals surface area contributed by atoms with Crippen LogP contribution in [0.2, 0.25) is 0 Å². The topological polar surface area (TPSA) is 46.3 Å². The number of unbranched alkanes of at least 4 members (excludes halogenated alkanes) is 4. The molecule has 21 heavy (non-hydrogen) atoms. The molecule has 1 atom stereocenters. The van der Waals surface area contributed by atoms with Gasteiger partial charge in [-0.2, -0.15) is 0 Å². The van der Waals surface area contributed by atoms with E-state index in [-0.39, 0.29) is 11.9 Å². The first-order valence-electron chi connectivity index (χ1n) is 8.39. The summed E-state index contributed by atoms with van der Waals surface area (Å²) in [5, 5.41) is 0.